The summed E-state index contributed by atoms with van der Waals surface area (Å²) in [7, 11) is 4.75. The first-order valence-electron chi connectivity index (χ1n) is 9.15. The van der Waals surface area contributed by atoms with Crippen molar-refractivity contribution in [3.8, 4) is 11.5 Å². The number of benzene rings is 1. The van der Waals surface area contributed by atoms with E-state index in [1.807, 2.05) is 0 Å². The molecule has 2 aliphatic rings. The fraction of sp³-hybridized carbons (Fsp3) is 0.500. The number of nitrogens with zero attached hydrogens (tertiary/aromatic N) is 1. The summed E-state index contributed by atoms with van der Waals surface area (Å²) in [5.41, 5.74) is -0.293. The van der Waals surface area contributed by atoms with Gasteiger partial charge in [-0.3, -0.25) is 14.5 Å². The summed E-state index contributed by atoms with van der Waals surface area (Å²) in [6.07, 6.45) is 2.48. The van der Waals surface area contributed by atoms with Crippen LogP contribution in [0.25, 0.3) is 0 Å². The molecule has 0 fully saturated rings. The number of aromatic hydroxyl groups is 1. The lowest BCUT2D eigenvalue weighted by Crippen LogP contribution is -2.54. The Kier molecular flexibility index (Phi) is 6.19. The van der Waals surface area contributed by atoms with Crippen molar-refractivity contribution in [2.24, 2.45) is 5.92 Å². The molecule has 1 N–H and O–H groups in total. The second kappa shape index (κ2) is 8.14. The fourth-order valence-corrected chi connectivity index (χ4v) is 6.13. The normalized spacial score (nSPS) is 22.1. The molecule has 0 unspecified atom stereocenters. The molecule has 1 spiro atoms. The van der Waals surface area contributed by atoms with E-state index in [1.165, 1.54) is 25.1 Å². The molecule has 28 heavy (non-hydrogen) atoms. The van der Waals surface area contributed by atoms with Gasteiger partial charge in [0.05, 0.1) is 18.2 Å². The lowest BCUT2D eigenvalue weighted by Gasteiger charge is -2.31. The summed E-state index contributed by atoms with van der Waals surface area (Å²) in [6.45, 7) is 3.82. The summed E-state index contributed by atoms with van der Waals surface area (Å²) in [5, 5.41) is 10.4. The molecule has 0 saturated carbocycles. The predicted molar refractivity (Wildman–Crippen MR) is 117 cm³/mol. The highest BCUT2D eigenvalue weighted by Gasteiger charge is 2.62. The molecule has 2 heterocycles. The zero-order valence-electron chi connectivity index (χ0n) is 16.4. The summed E-state index contributed by atoms with van der Waals surface area (Å²) in [4.78, 5) is 27.1. The fourth-order valence-electron chi connectivity index (χ4n) is 3.91. The smallest absolute Gasteiger partial charge is 0.308 e. The Balaban J connectivity index is 1.95. The molecule has 0 saturated heterocycles. The molecule has 0 aliphatic carbocycles. The van der Waals surface area contributed by atoms with E-state index in [0.717, 1.165) is 18.6 Å². The number of phenolic OH excluding ortho intramolecular Hbond substituents is 1. The van der Waals surface area contributed by atoms with Crippen LogP contribution < -0.4 is 4.74 Å². The van der Waals surface area contributed by atoms with Crippen LogP contribution in [0.15, 0.2) is 23.5 Å². The predicted octanol–water partition coefficient (Wildman–Crippen LogP) is 4.10. The number of fused-ring (bicyclic) bond motifs is 1. The van der Waals surface area contributed by atoms with Crippen LogP contribution in [-0.4, -0.2) is 47.3 Å². The van der Waals surface area contributed by atoms with Gasteiger partial charge in [0.1, 0.15) is 11.5 Å². The Morgan fingerprint density at radius 1 is 1.39 bits per heavy atom. The van der Waals surface area contributed by atoms with Crippen LogP contribution in [0, 0.1) is 5.92 Å². The minimum atomic E-state index is -1.62. The molecule has 0 radical (unpaired) electrons. The topological polar surface area (TPSA) is 76.1 Å². The third kappa shape index (κ3) is 3.18. The van der Waals surface area contributed by atoms with Crippen LogP contribution >= 0.6 is 30.1 Å². The number of carbonyl (C=O) groups is 2. The Bertz CT molecular complexity index is 855. The molecule has 6 nitrogen and oxygen atoms in total. The summed E-state index contributed by atoms with van der Waals surface area (Å²) >= 11 is 2.30. The first-order valence-corrected chi connectivity index (χ1v) is 12.7. The Morgan fingerprint density at radius 3 is 2.75 bits per heavy atom. The molecule has 8 heteroatoms. The average molecular weight is 517 g/mol. The highest BCUT2D eigenvalue weighted by molar-refractivity contribution is 14.2. The number of amides is 1. The third-order valence-electron chi connectivity index (χ3n) is 5.46. The molecule has 2 atom stereocenters. The molecule has 1 aromatic carbocycles. The number of hydrogen-bond donors (Lipinski definition) is 1. The van der Waals surface area contributed by atoms with Crippen molar-refractivity contribution < 1.29 is 24.2 Å². The Labute approximate surface area is 181 Å². The number of likely N-dealkylation sites (N-methyl/N-ethyl adjacent to an activating group) is 1. The van der Waals surface area contributed by atoms with Crippen molar-refractivity contribution in [2.75, 3.05) is 19.9 Å². The number of Topliss-reactive ketones (excluding diaryl/α,β-unsaturated/α-hetero) is 1. The number of halogens is 1. The van der Waals surface area contributed by atoms with E-state index in [2.05, 4.69) is 28.1 Å². The van der Waals surface area contributed by atoms with Crippen molar-refractivity contribution >= 4 is 41.8 Å². The third-order valence-corrected chi connectivity index (χ3v) is 7.23. The summed E-state index contributed by atoms with van der Waals surface area (Å²) in [5.74, 6) is 1.65. The van der Waals surface area contributed by atoms with Crippen molar-refractivity contribution in [3.63, 3.8) is 0 Å². The van der Waals surface area contributed by atoms with Gasteiger partial charge in [-0.25, -0.2) is 0 Å². The van der Waals surface area contributed by atoms with E-state index in [-0.39, 0.29) is 23.2 Å². The maximum atomic E-state index is 13.3. The second-order valence-corrected chi connectivity index (χ2v) is 9.73. The van der Waals surface area contributed by atoms with Crippen molar-refractivity contribution in [2.45, 2.75) is 38.8 Å². The molecule has 1 amide bonds. The van der Waals surface area contributed by atoms with E-state index in [9.17, 15) is 14.7 Å². The van der Waals surface area contributed by atoms with Gasteiger partial charge in [-0.05, 0) is 65.4 Å². The van der Waals surface area contributed by atoms with Gasteiger partial charge in [0.2, 0.25) is 5.78 Å². The highest BCUT2D eigenvalue weighted by atomic mass is 127. The van der Waals surface area contributed by atoms with E-state index in [4.69, 9.17) is 9.47 Å². The molecule has 2 aliphatic heterocycles. The molecular formula is C20H24INO5S. The number of rotatable bonds is 7. The van der Waals surface area contributed by atoms with Gasteiger partial charge < -0.3 is 14.6 Å². The minimum absolute atomic E-state index is 0.103. The number of ketones is 1. The van der Waals surface area contributed by atoms with Gasteiger partial charge in [0, 0.05) is 18.4 Å². The van der Waals surface area contributed by atoms with Gasteiger partial charge in [-0.2, -0.15) is 0 Å². The largest absolute Gasteiger partial charge is 0.508 e. The number of carbonyl (C=O) groups excluding carboxylic acids is 2. The summed E-state index contributed by atoms with van der Waals surface area (Å²) < 4.78 is 11.6. The van der Waals surface area contributed by atoms with Crippen LogP contribution in [0.1, 0.15) is 42.6 Å². The second-order valence-electron chi connectivity index (χ2n) is 7.31. The van der Waals surface area contributed by atoms with Crippen molar-refractivity contribution in [1.29, 1.82) is 0 Å². The quantitative estimate of drug-likeness (QED) is 0.550. The standard InChI is InChI=1S/C20H24INO5S/c1-11(10-28-21)6-5-7-13-15(23)9-8-14-16(13)27-20(17(14)24)18(26-4)12(2)19(25)22(20)3/h8-9,11,23H,5-7,10H2,1-4H3/t11-,20-/m1/s1. The van der Waals surface area contributed by atoms with Gasteiger partial charge in [-0.15, -0.1) is 0 Å². The lowest BCUT2D eigenvalue weighted by molar-refractivity contribution is -0.133. The number of methoxy groups -OCH3 is 1. The van der Waals surface area contributed by atoms with Crippen LogP contribution in [0.5, 0.6) is 11.5 Å². The molecule has 1 aromatic rings. The zero-order chi connectivity index (χ0) is 20.6. The zero-order valence-corrected chi connectivity index (χ0v) is 19.3. The Hall–Kier alpha value is -1.42. The van der Waals surface area contributed by atoms with E-state index < -0.39 is 5.72 Å². The maximum absolute atomic E-state index is 13.3. The van der Waals surface area contributed by atoms with Crippen LogP contribution in [0.4, 0.5) is 0 Å². The minimum Gasteiger partial charge on any atom is -0.508 e. The molecule has 152 valence electrons. The van der Waals surface area contributed by atoms with E-state index in [1.54, 1.807) is 21.9 Å². The SMILES string of the molecule is COC1=C(C)C(=O)N(C)[C@]12Oc1c(ccc(O)c1CCC[C@@H](C)CSI)C2=O. The first kappa shape index (κ1) is 21.3. The Morgan fingerprint density at radius 2 is 2.11 bits per heavy atom. The monoisotopic (exact) mass is 517 g/mol. The molecule has 0 aromatic heterocycles. The maximum Gasteiger partial charge on any atom is 0.308 e. The number of phenols is 1. The van der Waals surface area contributed by atoms with Crippen molar-refractivity contribution in [3.05, 3.63) is 34.6 Å². The number of ether oxygens (including phenoxy) is 2. The lowest BCUT2D eigenvalue weighted by atomic mass is 9.96. The average Bonchev–Trinajstić information content (AvgIpc) is 3.05. The van der Waals surface area contributed by atoms with E-state index in [0.29, 0.717) is 34.8 Å². The van der Waals surface area contributed by atoms with Gasteiger partial charge in [-0.1, -0.05) is 15.9 Å². The van der Waals surface area contributed by atoms with Gasteiger partial charge in [0.15, 0.2) is 5.76 Å². The molecular weight excluding hydrogens is 493 g/mol. The number of hydrogen-bond acceptors (Lipinski definition) is 6. The highest BCUT2D eigenvalue weighted by Crippen LogP contribution is 2.49. The molecule has 0 bridgehead atoms. The summed E-state index contributed by atoms with van der Waals surface area (Å²) in [6, 6.07) is 3.08. The van der Waals surface area contributed by atoms with Crippen molar-refractivity contribution in [1.82, 2.24) is 4.90 Å². The van der Waals surface area contributed by atoms with Crippen LogP contribution in [0.2, 0.25) is 0 Å². The van der Waals surface area contributed by atoms with E-state index >= 15 is 0 Å². The molecule has 3 rings (SSSR count). The van der Waals surface area contributed by atoms with Gasteiger partial charge in [0.25, 0.3) is 5.91 Å². The first-order chi connectivity index (χ1) is 13.3. The van der Waals surface area contributed by atoms with Gasteiger partial charge >= 0.3 is 5.72 Å². The van der Waals surface area contributed by atoms with Crippen LogP contribution in [0.3, 0.4) is 0 Å². The van der Waals surface area contributed by atoms with Crippen LogP contribution in [-0.2, 0) is 16.0 Å².